The second-order valence-electron chi connectivity index (χ2n) is 6.81. The molecule has 0 saturated heterocycles. The van der Waals surface area contributed by atoms with Crippen LogP contribution >= 0.6 is 11.6 Å². The normalized spacial score (nSPS) is 11.6. The lowest BCUT2D eigenvalue weighted by atomic mass is 10.0. The number of anilines is 1. The molecular formula is C24H22ClNO4. The summed E-state index contributed by atoms with van der Waals surface area (Å²) < 4.78 is 5.57. The van der Waals surface area contributed by atoms with Gasteiger partial charge in [0.2, 0.25) is 0 Å². The Morgan fingerprint density at radius 1 is 1.00 bits per heavy atom. The van der Waals surface area contributed by atoms with Crippen molar-refractivity contribution in [2.45, 2.75) is 13.0 Å². The zero-order valence-corrected chi connectivity index (χ0v) is 17.2. The van der Waals surface area contributed by atoms with Gasteiger partial charge in [0.1, 0.15) is 18.5 Å². The van der Waals surface area contributed by atoms with Gasteiger partial charge in [-0.05, 0) is 49.4 Å². The number of aliphatic hydroxyl groups is 1. The van der Waals surface area contributed by atoms with E-state index in [-0.39, 0.29) is 24.7 Å². The minimum Gasteiger partial charge on any atom is -0.491 e. The van der Waals surface area contributed by atoms with Crippen molar-refractivity contribution in [2.75, 3.05) is 18.5 Å². The molecule has 0 fully saturated rings. The van der Waals surface area contributed by atoms with Crippen molar-refractivity contribution in [3.8, 4) is 5.75 Å². The summed E-state index contributed by atoms with van der Waals surface area (Å²) in [5, 5.41) is 13.8. The van der Waals surface area contributed by atoms with Crippen molar-refractivity contribution in [1.82, 2.24) is 0 Å². The fourth-order valence-electron chi connectivity index (χ4n) is 2.87. The molecule has 5 nitrogen and oxygen atoms in total. The average molecular weight is 424 g/mol. The van der Waals surface area contributed by atoms with Crippen LogP contribution in [-0.2, 0) is 0 Å². The molecule has 0 aromatic heterocycles. The van der Waals surface area contributed by atoms with Gasteiger partial charge in [0.25, 0.3) is 0 Å². The van der Waals surface area contributed by atoms with Crippen molar-refractivity contribution in [3.63, 3.8) is 0 Å². The Morgan fingerprint density at radius 2 is 1.70 bits per heavy atom. The predicted molar refractivity (Wildman–Crippen MR) is 118 cm³/mol. The van der Waals surface area contributed by atoms with Crippen LogP contribution in [0, 0.1) is 0 Å². The van der Waals surface area contributed by atoms with E-state index < -0.39 is 6.10 Å². The molecule has 2 N–H and O–H groups in total. The molecule has 3 aromatic carbocycles. The molecule has 0 spiro atoms. The largest absolute Gasteiger partial charge is 0.491 e. The van der Waals surface area contributed by atoms with Crippen LogP contribution < -0.4 is 10.1 Å². The van der Waals surface area contributed by atoms with Crippen LogP contribution in [0.5, 0.6) is 5.75 Å². The van der Waals surface area contributed by atoms with Gasteiger partial charge < -0.3 is 15.2 Å². The van der Waals surface area contributed by atoms with Crippen LogP contribution in [0.4, 0.5) is 5.69 Å². The first-order valence-electron chi connectivity index (χ1n) is 9.49. The molecule has 6 heteroatoms. The molecule has 0 aliphatic carbocycles. The number of carbonyl (C=O) groups excluding carboxylic acids is 2. The SMILES string of the molecule is CC(=O)c1ccc(OCC(O)CNc2ccc(Cl)cc2C(=O)c2ccccc2)cc1. The molecule has 30 heavy (non-hydrogen) atoms. The highest BCUT2D eigenvalue weighted by Crippen LogP contribution is 2.24. The number of ether oxygens (including phenoxy) is 1. The van der Waals surface area contributed by atoms with Crippen molar-refractivity contribution < 1.29 is 19.4 Å². The second kappa shape index (κ2) is 10.1. The molecule has 0 radical (unpaired) electrons. The van der Waals surface area contributed by atoms with E-state index in [1.165, 1.54) is 6.92 Å². The van der Waals surface area contributed by atoms with Crippen molar-refractivity contribution in [2.24, 2.45) is 0 Å². The zero-order valence-electron chi connectivity index (χ0n) is 16.5. The third kappa shape index (κ3) is 5.69. The maximum absolute atomic E-state index is 12.8. The average Bonchev–Trinajstić information content (AvgIpc) is 2.77. The minimum atomic E-state index is -0.812. The summed E-state index contributed by atoms with van der Waals surface area (Å²) in [5.41, 5.74) is 2.17. The highest BCUT2D eigenvalue weighted by atomic mass is 35.5. The van der Waals surface area contributed by atoms with Crippen molar-refractivity contribution in [1.29, 1.82) is 0 Å². The predicted octanol–water partition coefficient (Wildman–Crippen LogP) is 4.63. The highest BCUT2D eigenvalue weighted by molar-refractivity contribution is 6.31. The van der Waals surface area contributed by atoms with Gasteiger partial charge in [0.05, 0.1) is 0 Å². The standard InChI is InChI=1S/C24H22ClNO4/c1-16(27)17-7-10-21(11-8-17)30-15-20(28)14-26-23-12-9-19(25)13-22(23)24(29)18-5-3-2-4-6-18/h2-13,20,26,28H,14-15H2,1H3. The van der Waals surface area contributed by atoms with Gasteiger partial charge in [-0.2, -0.15) is 0 Å². The van der Waals surface area contributed by atoms with Crippen LogP contribution in [0.1, 0.15) is 33.2 Å². The van der Waals surface area contributed by atoms with Gasteiger partial charge in [0, 0.05) is 33.9 Å². The quantitative estimate of drug-likeness (QED) is 0.491. The number of benzene rings is 3. The van der Waals surface area contributed by atoms with E-state index in [0.29, 0.717) is 33.1 Å². The molecule has 1 atom stereocenters. The topological polar surface area (TPSA) is 75.6 Å². The second-order valence-corrected chi connectivity index (χ2v) is 7.25. The first kappa shape index (κ1) is 21.6. The third-order valence-corrected chi connectivity index (χ3v) is 4.73. The van der Waals surface area contributed by atoms with E-state index in [1.54, 1.807) is 66.7 Å². The highest BCUT2D eigenvalue weighted by Gasteiger charge is 2.15. The fraction of sp³-hybridized carbons (Fsp3) is 0.167. The van der Waals surface area contributed by atoms with Crippen LogP contribution in [-0.4, -0.2) is 35.9 Å². The maximum atomic E-state index is 12.8. The van der Waals surface area contributed by atoms with Gasteiger partial charge in [-0.15, -0.1) is 0 Å². The molecule has 0 aliphatic rings. The molecule has 0 aliphatic heterocycles. The molecular weight excluding hydrogens is 402 g/mol. The number of ketones is 2. The lowest BCUT2D eigenvalue weighted by Crippen LogP contribution is -2.27. The van der Waals surface area contributed by atoms with Crippen LogP contribution in [0.25, 0.3) is 0 Å². The number of nitrogens with one attached hydrogen (secondary N) is 1. The summed E-state index contributed by atoms with van der Waals surface area (Å²) in [5.74, 6) is 0.386. The number of halogens is 1. The number of hydrogen-bond donors (Lipinski definition) is 2. The van der Waals surface area contributed by atoms with Gasteiger partial charge in [-0.25, -0.2) is 0 Å². The summed E-state index contributed by atoms with van der Waals surface area (Å²) in [4.78, 5) is 24.1. The molecule has 154 valence electrons. The van der Waals surface area contributed by atoms with Gasteiger partial charge in [0.15, 0.2) is 11.6 Å². The van der Waals surface area contributed by atoms with Crippen LogP contribution in [0.2, 0.25) is 5.02 Å². The smallest absolute Gasteiger partial charge is 0.195 e. The summed E-state index contributed by atoms with van der Waals surface area (Å²) in [6, 6.07) is 20.7. The Hall–Kier alpha value is -3.15. The minimum absolute atomic E-state index is 0.0189. The maximum Gasteiger partial charge on any atom is 0.195 e. The van der Waals surface area contributed by atoms with E-state index in [9.17, 15) is 14.7 Å². The first-order chi connectivity index (χ1) is 14.4. The van der Waals surface area contributed by atoms with Gasteiger partial charge in [-0.3, -0.25) is 9.59 Å². The number of aliphatic hydroxyl groups excluding tert-OH is 1. The van der Waals surface area contributed by atoms with Gasteiger partial charge in [-0.1, -0.05) is 41.9 Å². The Balaban J connectivity index is 1.61. The third-order valence-electron chi connectivity index (χ3n) is 4.49. The van der Waals surface area contributed by atoms with E-state index in [4.69, 9.17) is 16.3 Å². The monoisotopic (exact) mass is 423 g/mol. The number of carbonyl (C=O) groups is 2. The molecule has 0 saturated carbocycles. The molecule has 0 bridgehead atoms. The Morgan fingerprint density at radius 3 is 2.37 bits per heavy atom. The molecule has 3 aromatic rings. The van der Waals surface area contributed by atoms with E-state index in [1.807, 2.05) is 6.07 Å². The molecule has 0 heterocycles. The fourth-order valence-corrected chi connectivity index (χ4v) is 3.04. The molecule has 3 rings (SSSR count). The van der Waals surface area contributed by atoms with Crippen LogP contribution in [0.3, 0.4) is 0 Å². The van der Waals surface area contributed by atoms with Crippen molar-refractivity contribution in [3.05, 3.63) is 94.5 Å². The Bertz CT molecular complexity index is 1020. The number of Topliss-reactive ketones (excluding diaryl/α,β-unsaturated/α-hetero) is 1. The van der Waals surface area contributed by atoms with E-state index in [2.05, 4.69) is 5.32 Å². The molecule has 1 unspecified atom stereocenters. The number of hydrogen-bond acceptors (Lipinski definition) is 5. The summed E-state index contributed by atoms with van der Waals surface area (Å²) in [6.07, 6.45) is -0.812. The zero-order chi connectivity index (χ0) is 21.5. The van der Waals surface area contributed by atoms with Crippen LogP contribution in [0.15, 0.2) is 72.8 Å². The summed E-state index contributed by atoms with van der Waals surface area (Å²) >= 11 is 6.09. The van der Waals surface area contributed by atoms with E-state index in [0.717, 1.165) is 0 Å². The molecule has 0 amide bonds. The lowest BCUT2D eigenvalue weighted by molar-refractivity contribution is 0.101. The first-order valence-corrected chi connectivity index (χ1v) is 9.87. The lowest BCUT2D eigenvalue weighted by Gasteiger charge is -2.16. The van der Waals surface area contributed by atoms with E-state index >= 15 is 0 Å². The Labute approximate surface area is 180 Å². The number of rotatable bonds is 9. The summed E-state index contributed by atoms with van der Waals surface area (Å²) in [7, 11) is 0. The van der Waals surface area contributed by atoms with Crippen molar-refractivity contribution >= 4 is 28.9 Å². The van der Waals surface area contributed by atoms with Gasteiger partial charge >= 0.3 is 0 Å². The summed E-state index contributed by atoms with van der Waals surface area (Å²) in [6.45, 7) is 1.74. The Kier molecular flexibility index (Phi) is 7.22.